The lowest BCUT2D eigenvalue weighted by atomic mass is 9.72. The molecular weight excluding hydrogens is 540 g/mol. The van der Waals surface area contributed by atoms with Crippen molar-refractivity contribution in [2.75, 3.05) is 4.90 Å². The summed E-state index contributed by atoms with van der Waals surface area (Å²) in [5, 5.41) is 4.68. The van der Waals surface area contributed by atoms with Crippen LogP contribution in [-0.2, 0) is 11.8 Å². The van der Waals surface area contributed by atoms with E-state index in [9.17, 15) is 4.79 Å². The highest BCUT2D eigenvalue weighted by Gasteiger charge is 2.33. The highest BCUT2D eigenvalue weighted by molar-refractivity contribution is 9.10. The molecule has 6 nitrogen and oxygen atoms in total. The van der Waals surface area contributed by atoms with Crippen LogP contribution >= 0.6 is 15.9 Å². The molecule has 5 rings (SSSR count). The first-order valence-electron chi connectivity index (χ1n) is 13.6. The molecule has 200 valence electrons. The van der Waals surface area contributed by atoms with Crippen LogP contribution in [0.2, 0.25) is 0 Å². The van der Waals surface area contributed by atoms with Gasteiger partial charge in [0.25, 0.3) is 5.88 Å². The second kappa shape index (κ2) is 10.4. The van der Waals surface area contributed by atoms with E-state index >= 15 is 0 Å². The third-order valence-electron chi connectivity index (χ3n) is 8.06. The largest absolute Gasteiger partial charge is 0.472 e. The van der Waals surface area contributed by atoms with Crippen molar-refractivity contribution in [1.29, 1.82) is 0 Å². The minimum Gasteiger partial charge on any atom is -0.472 e. The number of benzene rings is 1. The number of carbonyl (C=O) groups excluding carboxylic acids is 1. The summed E-state index contributed by atoms with van der Waals surface area (Å²) in [6.07, 6.45) is 6.70. The Morgan fingerprint density at radius 3 is 2.47 bits per heavy atom. The van der Waals surface area contributed by atoms with Crippen molar-refractivity contribution in [3.8, 4) is 17.7 Å². The maximum atomic E-state index is 13.4. The first kappa shape index (κ1) is 26.7. The molecule has 0 N–H and O–H groups in total. The molecule has 2 saturated carbocycles. The lowest BCUT2D eigenvalue weighted by molar-refractivity contribution is -0.112. The molecule has 0 radical (unpaired) electrons. The Morgan fingerprint density at radius 2 is 1.84 bits per heavy atom. The fourth-order valence-corrected chi connectivity index (χ4v) is 5.96. The molecule has 2 aliphatic carbocycles. The van der Waals surface area contributed by atoms with Crippen molar-refractivity contribution in [2.45, 2.75) is 85.2 Å². The Morgan fingerprint density at radius 1 is 1.13 bits per heavy atom. The van der Waals surface area contributed by atoms with Crippen LogP contribution in [0.3, 0.4) is 0 Å². The van der Waals surface area contributed by atoms with Gasteiger partial charge in [-0.25, -0.2) is 4.98 Å². The van der Waals surface area contributed by atoms with Crippen molar-refractivity contribution in [3.05, 3.63) is 39.9 Å². The Labute approximate surface area is 234 Å². The maximum absolute atomic E-state index is 13.4. The van der Waals surface area contributed by atoms with Crippen molar-refractivity contribution >= 4 is 44.4 Å². The van der Waals surface area contributed by atoms with E-state index in [2.05, 4.69) is 65.8 Å². The van der Waals surface area contributed by atoms with E-state index in [-0.39, 0.29) is 12.0 Å². The summed E-state index contributed by atoms with van der Waals surface area (Å²) in [6, 6.07) is 8.06. The summed E-state index contributed by atoms with van der Waals surface area (Å²) in [5.41, 5.74) is 4.92. The van der Waals surface area contributed by atoms with E-state index in [1.54, 1.807) is 16.5 Å². The van der Waals surface area contributed by atoms with E-state index in [4.69, 9.17) is 9.72 Å². The van der Waals surface area contributed by atoms with Crippen molar-refractivity contribution in [3.63, 3.8) is 0 Å². The third kappa shape index (κ3) is 5.33. The Bertz CT molecular complexity index is 1430. The van der Waals surface area contributed by atoms with Crippen LogP contribution in [0, 0.1) is 30.1 Å². The van der Waals surface area contributed by atoms with Crippen molar-refractivity contribution in [2.24, 2.45) is 18.4 Å². The Kier molecular flexibility index (Phi) is 7.30. The summed E-state index contributed by atoms with van der Waals surface area (Å²) in [7, 11) is 1.90. The van der Waals surface area contributed by atoms with E-state index < -0.39 is 0 Å². The number of fused-ring (bicyclic) bond motifs is 1. The van der Waals surface area contributed by atoms with Crippen LogP contribution in [0.4, 0.5) is 11.5 Å². The minimum atomic E-state index is -0.296. The SMILES string of the molecule is CC#CC(=O)N(c1ccc2c(n1)c(O[C@H]1CC[C@@H](C(C)(C)C)CC1)nn2C)c1cc(C)c(Br)cc1C1CC1. The molecule has 0 atom stereocenters. The molecule has 0 unspecified atom stereocenters. The lowest BCUT2D eigenvalue weighted by Crippen LogP contribution is -2.30. The van der Waals surface area contributed by atoms with Gasteiger partial charge in [-0.15, -0.1) is 5.10 Å². The van der Waals surface area contributed by atoms with Gasteiger partial charge < -0.3 is 4.74 Å². The number of nitrogens with zero attached hydrogens (tertiary/aromatic N) is 4. The average molecular weight is 578 g/mol. The predicted octanol–water partition coefficient (Wildman–Crippen LogP) is 7.59. The van der Waals surface area contributed by atoms with Gasteiger partial charge in [0.1, 0.15) is 11.9 Å². The van der Waals surface area contributed by atoms with Gasteiger partial charge >= 0.3 is 5.91 Å². The second-order valence-electron chi connectivity index (χ2n) is 11.9. The van der Waals surface area contributed by atoms with Gasteiger partial charge in [0, 0.05) is 11.5 Å². The number of rotatable bonds is 5. The smallest absolute Gasteiger partial charge is 0.308 e. The second-order valence-corrected chi connectivity index (χ2v) is 12.7. The maximum Gasteiger partial charge on any atom is 0.308 e. The predicted molar refractivity (Wildman–Crippen MR) is 156 cm³/mol. The monoisotopic (exact) mass is 576 g/mol. The van der Waals surface area contributed by atoms with Crippen LogP contribution in [0.25, 0.3) is 11.0 Å². The van der Waals surface area contributed by atoms with E-state index in [0.717, 1.165) is 65.3 Å². The molecule has 38 heavy (non-hydrogen) atoms. The zero-order valence-electron chi connectivity index (χ0n) is 23.3. The van der Waals surface area contributed by atoms with Gasteiger partial charge in [-0.2, -0.15) is 0 Å². The van der Waals surface area contributed by atoms with Gasteiger partial charge in [-0.05, 0) is 111 Å². The number of carbonyl (C=O) groups is 1. The van der Waals surface area contributed by atoms with Gasteiger partial charge in [0.05, 0.1) is 11.2 Å². The molecular formula is C31H37BrN4O2. The molecule has 2 heterocycles. The number of halogens is 1. The number of ether oxygens (including phenoxy) is 1. The number of aromatic nitrogens is 3. The van der Waals surface area contributed by atoms with Crippen LogP contribution in [0.1, 0.15) is 83.3 Å². The summed E-state index contributed by atoms with van der Waals surface area (Å²) in [5.74, 6) is 7.44. The van der Waals surface area contributed by atoms with Crippen LogP contribution < -0.4 is 9.64 Å². The van der Waals surface area contributed by atoms with Crippen molar-refractivity contribution in [1.82, 2.24) is 14.8 Å². The van der Waals surface area contributed by atoms with Crippen LogP contribution in [0.15, 0.2) is 28.7 Å². The highest BCUT2D eigenvalue weighted by Crippen LogP contribution is 2.47. The summed E-state index contributed by atoms with van der Waals surface area (Å²) in [4.78, 5) is 20.1. The molecule has 0 aliphatic heterocycles. The van der Waals surface area contributed by atoms with Gasteiger partial charge in [0.2, 0.25) is 0 Å². The molecule has 1 aromatic carbocycles. The number of hydrogen-bond donors (Lipinski definition) is 0. The highest BCUT2D eigenvalue weighted by atomic mass is 79.9. The van der Waals surface area contributed by atoms with Crippen molar-refractivity contribution < 1.29 is 9.53 Å². The molecule has 7 heteroatoms. The number of pyridine rings is 1. The molecule has 2 fully saturated rings. The third-order valence-corrected chi connectivity index (χ3v) is 8.91. The fourth-order valence-electron chi connectivity index (χ4n) is 5.60. The number of amides is 1. The van der Waals surface area contributed by atoms with Gasteiger partial charge in [-0.3, -0.25) is 14.4 Å². The van der Waals surface area contributed by atoms with E-state index in [1.807, 2.05) is 26.1 Å². The zero-order chi connectivity index (χ0) is 27.2. The van der Waals surface area contributed by atoms with Crippen LogP contribution in [-0.4, -0.2) is 26.8 Å². The Hall–Kier alpha value is -2.85. The topological polar surface area (TPSA) is 60.3 Å². The first-order valence-corrected chi connectivity index (χ1v) is 14.4. The van der Waals surface area contributed by atoms with Crippen LogP contribution in [0.5, 0.6) is 5.88 Å². The Balaban J connectivity index is 1.52. The number of aryl methyl sites for hydroxylation is 2. The number of anilines is 2. The first-order chi connectivity index (χ1) is 18.1. The summed E-state index contributed by atoms with van der Waals surface area (Å²) < 4.78 is 9.32. The molecule has 2 aromatic heterocycles. The molecule has 0 bridgehead atoms. The quantitative estimate of drug-likeness (QED) is 0.293. The summed E-state index contributed by atoms with van der Waals surface area (Å²) >= 11 is 3.68. The molecule has 2 aliphatic rings. The fraction of sp³-hybridized carbons (Fsp3) is 0.516. The van der Waals surface area contributed by atoms with E-state index in [0.29, 0.717) is 34.5 Å². The molecule has 3 aromatic rings. The van der Waals surface area contributed by atoms with Gasteiger partial charge in [-0.1, -0.05) is 42.6 Å². The molecule has 0 saturated heterocycles. The minimum absolute atomic E-state index is 0.122. The average Bonchev–Trinajstić information content (AvgIpc) is 3.66. The molecule has 0 spiro atoms. The summed E-state index contributed by atoms with van der Waals surface area (Å²) in [6.45, 7) is 10.7. The van der Waals surface area contributed by atoms with Gasteiger partial charge in [0.15, 0.2) is 5.52 Å². The standard InChI is InChI=1S/C31H37BrN4O2/c1-7-8-28(37)36(26-17-19(2)24(32)18-23(26)20-9-10-20)27-16-15-25-29(33-27)30(34-35(25)6)38-22-13-11-21(12-14-22)31(3,4)5/h15-18,20-22H,9-14H2,1-6H3/t21-,22+. The lowest BCUT2D eigenvalue weighted by Gasteiger charge is -2.36. The zero-order valence-corrected chi connectivity index (χ0v) is 24.9. The van der Waals surface area contributed by atoms with E-state index in [1.165, 1.54) is 0 Å². The molecule has 1 amide bonds. The number of hydrogen-bond acceptors (Lipinski definition) is 4. The normalized spacial score (nSPS) is 19.7.